The average Bonchev–Trinajstić information content (AvgIpc) is 3.22. The van der Waals surface area contributed by atoms with Gasteiger partial charge in [0.2, 0.25) is 0 Å². The van der Waals surface area contributed by atoms with Crippen LogP contribution in [0.1, 0.15) is 29.6 Å². The highest BCUT2D eigenvalue weighted by atomic mass is 16.5. The average molecular weight is 422 g/mol. The van der Waals surface area contributed by atoms with Crippen molar-refractivity contribution in [1.82, 2.24) is 19.2 Å². The third-order valence-corrected chi connectivity index (χ3v) is 5.38. The normalized spacial score (nSPS) is 14.4. The van der Waals surface area contributed by atoms with Crippen molar-refractivity contribution in [3.63, 3.8) is 0 Å². The van der Waals surface area contributed by atoms with Crippen LogP contribution in [0.2, 0.25) is 0 Å². The number of carbonyl (C=O) groups is 1. The van der Waals surface area contributed by atoms with Crippen molar-refractivity contribution in [2.45, 2.75) is 19.3 Å². The molecule has 8 heteroatoms. The van der Waals surface area contributed by atoms with Gasteiger partial charge >= 0.3 is 0 Å². The molecule has 0 aliphatic carbocycles. The number of nitrogens with zero attached hydrogens (tertiary/aromatic N) is 4. The molecule has 31 heavy (non-hydrogen) atoms. The van der Waals surface area contributed by atoms with Gasteiger partial charge in [-0.15, -0.1) is 0 Å². The first-order valence-corrected chi connectivity index (χ1v) is 10.6. The summed E-state index contributed by atoms with van der Waals surface area (Å²) in [5.74, 6) is 0.483. The molecule has 1 aliphatic rings. The van der Waals surface area contributed by atoms with E-state index in [9.17, 15) is 9.59 Å². The summed E-state index contributed by atoms with van der Waals surface area (Å²) in [7, 11) is 1.77. The molecule has 162 valence electrons. The number of ether oxygens (including phenoxy) is 1. The van der Waals surface area contributed by atoms with Gasteiger partial charge < -0.3 is 10.1 Å². The Morgan fingerprint density at radius 3 is 2.55 bits per heavy atom. The first kappa shape index (κ1) is 20.9. The Morgan fingerprint density at radius 2 is 1.84 bits per heavy atom. The molecule has 1 N–H and O–H groups in total. The third kappa shape index (κ3) is 5.40. The van der Waals surface area contributed by atoms with E-state index in [2.05, 4.69) is 15.3 Å². The van der Waals surface area contributed by atoms with Crippen molar-refractivity contribution < 1.29 is 9.53 Å². The van der Waals surface area contributed by atoms with Crippen LogP contribution in [0.15, 0.2) is 59.8 Å². The summed E-state index contributed by atoms with van der Waals surface area (Å²) < 4.78 is 8.84. The van der Waals surface area contributed by atoms with Crippen LogP contribution in [0.5, 0.6) is 5.75 Å². The number of piperidine rings is 1. The summed E-state index contributed by atoms with van der Waals surface area (Å²) in [5, 5.41) is 6.93. The van der Waals surface area contributed by atoms with Crippen molar-refractivity contribution >= 4 is 11.6 Å². The molecule has 0 spiro atoms. The molecule has 1 fully saturated rings. The zero-order valence-electron chi connectivity index (χ0n) is 17.7. The van der Waals surface area contributed by atoms with Gasteiger partial charge in [-0.2, -0.15) is 5.10 Å². The first-order valence-electron chi connectivity index (χ1n) is 10.6. The van der Waals surface area contributed by atoms with Crippen molar-refractivity contribution in [3.8, 4) is 11.4 Å². The summed E-state index contributed by atoms with van der Waals surface area (Å²) in [6.45, 7) is 3.90. The van der Waals surface area contributed by atoms with Gasteiger partial charge in [0.1, 0.15) is 12.4 Å². The number of rotatable bonds is 7. The number of nitrogens with one attached hydrogen (secondary N) is 1. The molecule has 1 saturated heterocycles. The minimum Gasteiger partial charge on any atom is -0.492 e. The van der Waals surface area contributed by atoms with E-state index in [1.54, 1.807) is 24.1 Å². The lowest BCUT2D eigenvalue weighted by Crippen LogP contribution is -2.33. The molecule has 1 amide bonds. The van der Waals surface area contributed by atoms with E-state index in [1.807, 2.05) is 24.3 Å². The lowest BCUT2D eigenvalue weighted by Gasteiger charge is -2.26. The number of benzene rings is 1. The molecule has 3 heterocycles. The number of aryl methyl sites for hydroxylation is 1. The van der Waals surface area contributed by atoms with E-state index >= 15 is 0 Å². The Balaban J connectivity index is 1.34. The van der Waals surface area contributed by atoms with Gasteiger partial charge in [0.25, 0.3) is 11.5 Å². The second-order valence-corrected chi connectivity index (χ2v) is 7.73. The highest BCUT2D eigenvalue weighted by Crippen LogP contribution is 2.17. The second-order valence-electron chi connectivity index (χ2n) is 7.73. The Kier molecular flexibility index (Phi) is 6.47. The summed E-state index contributed by atoms with van der Waals surface area (Å²) >= 11 is 0. The highest BCUT2D eigenvalue weighted by Gasteiger charge is 2.11. The molecule has 2 aromatic heterocycles. The summed E-state index contributed by atoms with van der Waals surface area (Å²) in [4.78, 5) is 27.3. The number of amides is 1. The monoisotopic (exact) mass is 421 g/mol. The van der Waals surface area contributed by atoms with Gasteiger partial charge in [-0.25, -0.2) is 0 Å². The topological polar surface area (TPSA) is 81.4 Å². The number of pyridine rings is 1. The van der Waals surface area contributed by atoms with Gasteiger partial charge in [0.05, 0.1) is 17.4 Å². The molecule has 8 nitrogen and oxygen atoms in total. The van der Waals surface area contributed by atoms with Gasteiger partial charge in [-0.3, -0.25) is 23.7 Å². The van der Waals surface area contributed by atoms with Crippen LogP contribution >= 0.6 is 0 Å². The molecule has 0 atom stereocenters. The smallest absolute Gasteiger partial charge is 0.257 e. The molecule has 0 unspecified atom stereocenters. The Labute approximate surface area is 181 Å². The van der Waals surface area contributed by atoms with Gasteiger partial charge in [0, 0.05) is 37.7 Å². The molecule has 1 aliphatic heterocycles. The predicted molar refractivity (Wildman–Crippen MR) is 119 cm³/mol. The van der Waals surface area contributed by atoms with E-state index in [4.69, 9.17) is 4.74 Å². The van der Waals surface area contributed by atoms with Crippen LogP contribution in [0.3, 0.4) is 0 Å². The third-order valence-electron chi connectivity index (χ3n) is 5.38. The fraction of sp³-hybridized carbons (Fsp3) is 0.348. The number of hydrogen-bond donors (Lipinski definition) is 1. The van der Waals surface area contributed by atoms with Crippen molar-refractivity contribution in [1.29, 1.82) is 0 Å². The molecule has 0 saturated carbocycles. The van der Waals surface area contributed by atoms with E-state index < -0.39 is 0 Å². The maximum atomic E-state index is 12.7. The molecule has 0 bridgehead atoms. The lowest BCUT2D eigenvalue weighted by atomic mass is 10.1. The number of carbonyl (C=O) groups excluding carboxylic acids is 1. The van der Waals surface area contributed by atoms with Crippen molar-refractivity contribution in [3.05, 3.63) is 70.9 Å². The Hall–Kier alpha value is -3.39. The standard InChI is InChI=1S/C23H27N5O3/c1-26-17-20(15-24-26)28-16-18(5-10-22(28)29)23(30)25-19-6-8-21(9-7-19)31-14-13-27-11-3-2-4-12-27/h5-10,15-17H,2-4,11-14H2,1H3,(H,25,30). The molecule has 4 rings (SSSR count). The van der Waals surface area contributed by atoms with Crippen LogP contribution in [0, 0.1) is 0 Å². The van der Waals surface area contributed by atoms with Crippen LogP contribution in [-0.2, 0) is 7.05 Å². The quantitative estimate of drug-likeness (QED) is 0.634. The molecule has 0 radical (unpaired) electrons. The highest BCUT2D eigenvalue weighted by molar-refractivity contribution is 6.04. The number of aromatic nitrogens is 3. The number of anilines is 1. The summed E-state index contributed by atoms with van der Waals surface area (Å²) in [6, 6.07) is 10.2. The fourth-order valence-electron chi connectivity index (χ4n) is 3.67. The van der Waals surface area contributed by atoms with Crippen LogP contribution < -0.4 is 15.6 Å². The zero-order chi connectivity index (χ0) is 21.6. The summed E-state index contributed by atoms with van der Waals surface area (Å²) in [5.41, 5.74) is 1.42. The van der Waals surface area contributed by atoms with E-state index in [1.165, 1.54) is 42.2 Å². The van der Waals surface area contributed by atoms with Gasteiger partial charge in [-0.1, -0.05) is 6.42 Å². The fourth-order valence-corrected chi connectivity index (χ4v) is 3.67. The minimum absolute atomic E-state index is 0.226. The Morgan fingerprint density at radius 1 is 1.06 bits per heavy atom. The molecule has 3 aromatic rings. The lowest BCUT2D eigenvalue weighted by molar-refractivity contribution is 0.102. The maximum absolute atomic E-state index is 12.7. The molecular weight excluding hydrogens is 394 g/mol. The second kappa shape index (κ2) is 9.61. The number of likely N-dealkylation sites (tertiary alicyclic amines) is 1. The predicted octanol–water partition coefficient (Wildman–Crippen LogP) is 2.69. The van der Waals surface area contributed by atoms with Gasteiger partial charge in [-0.05, 0) is 56.3 Å². The minimum atomic E-state index is -0.295. The largest absolute Gasteiger partial charge is 0.492 e. The van der Waals surface area contributed by atoms with Crippen LogP contribution in [-0.4, -0.2) is 51.4 Å². The van der Waals surface area contributed by atoms with E-state index in [0.29, 0.717) is 23.5 Å². The molecule has 1 aromatic carbocycles. The van der Waals surface area contributed by atoms with E-state index in [-0.39, 0.29) is 11.5 Å². The Bertz CT molecular complexity index is 1080. The number of hydrogen-bond acceptors (Lipinski definition) is 5. The van der Waals surface area contributed by atoms with Crippen molar-refractivity contribution in [2.24, 2.45) is 7.05 Å². The van der Waals surface area contributed by atoms with Gasteiger partial charge in [0.15, 0.2) is 0 Å². The first-order chi connectivity index (χ1) is 15.1. The summed E-state index contributed by atoms with van der Waals surface area (Å²) in [6.07, 6.45) is 8.68. The maximum Gasteiger partial charge on any atom is 0.257 e. The van der Waals surface area contributed by atoms with E-state index in [0.717, 1.165) is 25.4 Å². The molecular formula is C23H27N5O3. The SMILES string of the molecule is Cn1cc(-n2cc(C(=O)Nc3ccc(OCCN4CCCCC4)cc3)ccc2=O)cn1. The van der Waals surface area contributed by atoms with Crippen molar-refractivity contribution in [2.75, 3.05) is 31.6 Å². The van der Waals surface area contributed by atoms with Crippen LogP contribution in [0.4, 0.5) is 5.69 Å². The van der Waals surface area contributed by atoms with Crippen LogP contribution in [0.25, 0.3) is 5.69 Å². The zero-order valence-corrected chi connectivity index (χ0v) is 17.7.